The van der Waals surface area contributed by atoms with Gasteiger partial charge in [0.05, 0.1) is 31.0 Å². The highest BCUT2D eigenvalue weighted by atomic mass is 16.5. The van der Waals surface area contributed by atoms with Crippen molar-refractivity contribution in [3.05, 3.63) is 76.0 Å². The van der Waals surface area contributed by atoms with Crippen molar-refractivity contribution in [1.29, 1.82) is 5.26 Å². The molecule has 2 heterocycles. The first-order valence-electron chi connectivity index (χ1n) is 8.72. The number of aromatic nitrogens is 3. The normalized spacial score (nSPS) is 13.8. The van der Waals surface area contributed by atoms with Gasteiger partial charge in [0.15, 0.2) is 0 Å². The summed E-state index contributed by atoms with van der Waals surface area (Å²) >= 11 is 0. The molecule has 0 saturated heterocycles. The van der Waals surface area contributed by atoms with Gasteiger partial charge in [-0.3, -0.25) is 9.47 Å². The van der Waals surface area contributed by atoms with Crippen molar-refractivity contribution < 1.29 is 4.74 Å². The molecule has 0 atom stereocenters. The van der Waals surface area contributed by atoms with Crippen molar-refractivity contribution in [3.63, 3.8) is 0 Å². The molecule has 0 amide bonds. The highest BCUT2D eigenvalue weighted by Gasteiger charge is 2.22. The maximum absolute atomic E-state index is 12.7. The molecule has 27 heavy (non-hydrogen) atoms. The summed E-state index contributed by atoms with van der Waals surface area (Å²) in [6.45, 7) is 2.76. The number of hydrogen-bond acceptors (Lipinski definition) is 5. The van der Waals surface area contributed by atoms with Crippen LogP contribution in [0.4, 0.5) is 0 Å². The topological polar surface area (TPSA) is 76.1 Å². The second-order valence-electron chi connectivity index (χ2n) is 6.48. The minimum absolute atomic E-state index is 0.117. The Hall–Kier alpha value is -3.37. The molecule has 0 N–H and O–H groups in total. The maximum Gasteiger partial charge on any atom is 0.350 e. The van der Waals surface area contributed by atoms with Crippen LogP contribution >= 0.6 is 0 Å². The quantitative estimate of drug-likeness (QED) is 0.710. The second-order valence-corrected chi connectivity index (χ2v) is 6.48. The molecule has 1 aliphatic heterocycles. The molecule has 0 unspecified atom stereocenters. The molecule has 136 valence electrons. The Morgan fingerprint density at radius 1 is 1.11 bits per heavy atom. The van der Waals surface area contributed by atoms with E-state index in [-0.39, 0.29) is 5.69 Å². The van der Waals surface area contributed by atoms with Gasteiger partial charge in [-0.25, -0.2) is 4.79 Å². The van der Waals surface area contributed by atoms with Gasteiger partial charge in [-0.2, -0.15) is 9.94 Å². The zero-order valence-electron chi connectivity index (χ0n) is 15.0. The van der Waals surface area contributed by atoms with E-state index in [1.54, 1.807) is 11.7 Å². The van der Waals surface area contributed by atoms with Crippen molar-refractivity contribution in [3.8, 4) is 17.5 Å². The van der Waals surface area contributed by atoms with Crippen LogP contribution in [0, 0.1) is 11.3 Å². The Bertz CT molecular complexity index is 1040. The molecule has 0 radical (unpaired) electrons. The minimum Gasteiger partial charge on any atom is -0.497 e. The molecular formula is C20H19N5O2. The summed E-state index contributed by atoms with van der Waals surface area (Å²) in [5, 5.41) is 13.4. The van der Waals surface area contributed by atoms with E-state index < -0.39 is 0 Å². The minimum atomic E-state index is -0.117. The van der Waals surface area contributed by atoms with Gasteiger partial charge in [-0.15, -0.1) is 5.10 Å². The Kier molecular flexibility index (Phi) is 4.48. The van der Waals surface area contributed by atoms with Crippen LogP contribution in [0.2, 0.25) is 0 Å². The first kappa shape index (κ1) is 17.1. The van der Waals surface area contributed by atoms with E-state index in [1.165, 1.54) is 4.68 Å². The highest BCUT2D eigenvalue weighted by Crippen LogP contribution is 2.16. The first-order valence-corrected chi connectivity index (χ1v) is 8.72. The maximum atomic E-state index is 12.7. The highest BCUT2D eigenvalue weighted by molar-refractivity contribution is 5.36. The number of nitrogens with zero attached hydrogens (tertiary/aromatic N) is 5. The third-order valence-electron chi connectivity index (χ3n) is 4.75. The van der Waals surface area contributed by atoms with E-state index in [2.05, 4.69) is 16.1 Å². The van der Waals surface area contributed by atoms with Gasteiger partial charge in [0.25, 0.3) is 0 Å². The largest absolute Gasteiger partial charge is 0.497 e. The molecule has 0 saturated carbocycles. The molecule has 0 fully saturated rings. The summed E-state index contributed by atoms with van der Waals surface area (Å²) in [6.07, 6.45) is 0. The number of ether oxygens (including phenoxy) is 1. The van der Waals surface area contributed by atoms with Crippen LogP contribution < -0.4 is 10.4 Å². The fourth-order valence-electron chi connectivity index (χ4n) is 3.27. The lowest BCUT2D eigenvalue weighted by atomic mass is 10.1. The van der Waals surface area contributed by atoms with E-state index in [9.17, 15) is 4.79 Å². The van der Waals surface area contributed by atoms with E-state index in [0.717, 1.165) is 35.9 Å². The summed E-state index contributed by atoms with van der Waals surface area (Å²) in [5.74, 6) is 1.50. The average Bonchev–Trinajstić information content (AvgIpc) is 3.04. The van der Waals surface area contributed by atoms with E-state index in [1.807, 2.05) is 48.5 Å². The summed E-state index contributed by atoms with van der Waals surface area (Å²) in [6, 6.07) is 17.0. The molecular weight excluding hydrogens is 342 g/mol. The predicted octanol–water partition coefficient (Wildman–Crippen LogP) is 1.93. The Balaban J connectivity index is 1.54. The Labute approximate surface area is 156 Å². The zero-order valence-corrected chi connectivity index (χ0v) is 15.0. The molecule has 2 aromatic carbocycles. The first-order chi connectivity index (χ1) is 13.2. The van der Waals surface area contributed by atoms with Gasteiger partial charge in [0.2, 0.25) is 0 Å². The van der Waals surface area contributed by atoms with Crippen LogP contribution in [0.15, 0.2) is 53.3 Å². The van der Waals surface area contributed by atoms with Gasteiger partial charge in [-0.1, -0.05) is 12.1 Å². The fraction of sp³-hybridized carbons (Fsp3) is 0.250. The lowest BCUT2D eigenvalue weighted by Crippen LogP contribution is -2.37. The molecule has 7 nitrogen and oxygen atoms in total. The number of methoxy groups -OCH3 is 1. The second kappa shape index (κ2) is 7.09. The third-order valence-corrected chi connectivity index (χ3v) is 4.75. The standard InChI is InChI=1S/C20H19N5O2/c1-27-18-8-6-17(7-9-18)25-20(26)24-11-10-23(14-19(24)22-25)13-16-4-2-15(12-21)3-5-16/h2-9H,10-11,13-14H2,1H3. The van der Waals surface area contributed by atoms with E-state index in [0.29, 0.717) is 18.7 Å². The van der Waals surface area contributed by atoms with Crippen molar-refractivity contribution in [2.75, 3.05) is 13.7 Å². The molecule has 3 aromatic rings. The molecule has 7 heteroatoms. The summed E-state index contributed by atoms with van der Waals surface area (Å²) in [4.78, 5) is 14.9. The SMILES string of the molecule is COc1ccc(-n2nc3n(c2=O)CCN(Cc2ccc(C#N)cc2)C3)cc1. The molecule has 1 aliphatic rings. The van der Waals surface area contributed by atoms with Crippen molar-refractivity contribution >= 4 is 0 Å². The number of nitriles is 1. The third kappa shape index (κ3) is 3.35. The lowest BCUT2D eigenvalue weighted by Gasteiger charge is -2.26. The molecule has 4 rings (SSSR count). The monoisotopic (exact) mass is 361 g/mol. The van der Waals surface area contributed by atoms with Crippen molar-refractivity contribution in [1.82, 2.24) is 19.2 Å². The van der Waals surface area contributed by atoms with Crippen LogP contribution in [0.1, 0.15) is 17.0 Å². The van der Waals surface area contributed by atoms with Crippen LogP contribution in [-0.2, 0) is 19.6 Å². The fourth-order valence-corrected chi connectivity index (χ4v) is 3.27. The van der Waals surface area contributed by atoms with Crippen LogP contribution in [0.5, 0.6) is 5.75 Å². The van der Waals surface area contributed by atoms with Crippen LogP contribution in [0.25, 0.3) is 5.69 Å². The molecule has 0 spiro atoms. The molecule has 0 aliphatic carbocycles. The number of fused-ring (bicyclic) bond motifs is 1. The summed E-state index contributed by atoms with van der Waals surface area (Å²) in [7, 11) is 1.61. The van der Waals surface area contributed by atoms with E-state index >= 15 is 0 Å². The molecule has 1 aromatic heterocycles. The Morgan fingerprint density at radius 2 is 1.85 bits per heavy atom. The smallest absolute Gasteiger partial charge is 0.350 e. The Morgan fingerprint density at radius 3 is 2.52 bits per heavy atom. The number of hydrogen-bond donors (Lipinski definition) is 0. The van der Waals surface area contributed by atoms with Gasteiger partial charge >= 0.3 is 5.69 Å². The summed E-state index contributed by atoms with van der Waals surface area (Å²) in [5.41, 5.74) is 2.40. The molecule has 0 bridgehead atoms. The number of benzene rings is 2. The van der Waals surface area contributed by atoms with Gasteiger partial charge in [-0.05, 0) is 42.0 Å². The van der Waals surface area contributed by atoms with E-state index in [4.69, 9.17) is 10.00 Å². The summed E-state index contributed by atoms with van der Waals surface area (Å²) < 4.78 is 8.34. The average molecular weight is 361 g/mol. The van der Waals surface area contributed by atoms with Crippen LogP contribution in [0.3, 0.4) is 0 Å². The van der Waals surface area contributed by atoms with Crippen molar-refractivity contribution in [2.24, 2.45) is 0 Å². The predicted molar refractivity (Wildman–Crippen MR) is 99.6 cm³/mol. The van der Waals surface area contributed by atoms with Crippen molar-refractivity contribution in [2.45, 2.75) is 19.6 Å². The van der Waals surface area contributed by atoms with Gasteiger partial charge in [0.1, 0.15) is 11.6 Å². The lowest BCUT2D eigenvalue weighted by molar-refractivity contribution is 0.207. The van der Waals surface area contributed by atoms with Gasteiger partial charge in [0, 0.05) is 19.6 Å². The zero-order chi connectivity index (χ0) is 18.8. The van der Waals surface area contributed by atoms with Crippen LogP contribution in [-0.4, -0.2) is 32.9 Å². The number of rotatable bonds is 4. The van der Waals surface area contributed by atoms with Gasteiger partial charge < -0.3 is 4.74 Å².